The lowest BCUT2D eigenvalue weighted by Gasteiger charge is -2.54. The van der Waals surface area contributed by atoms with Crippen molar-refractivity contribution in [3.63, 3.8) is 0 Å². The number of carbonyl (C=O) groups excluding carboxylic acids is 1. The van der Waals surface area contributed by atoms with Crippen LogP contribution in [0.25, 0.3) is 0 Å². The predicted molar refractivity (Wildman–Crippen MR) is 84.5 cm³/mol. The molecule has 0 aliphatic heterocycles. The molecule has 1 fully saturated rings. The zero-order valence-electron chi connectivity index (χ0n) is 13.7. The standard InChI is InChI=1S/C19H26O2/c1-13(20)21-15-7-8-16-14(12-15)6-9-17-18(2,3)10-5-11-19(16,17)4/h7-8,12,17H,5-6,9-11H2,1-4H3/t17-,19+/m1/s1. The van der Waals surface area contributed by atoms with Gasteiger partial charge in [0.15, 0.2) is 0 Å². The van der Waals surface area contributed by atoms with E-state index in [9.17, 15) is 4.79 Å². The number of hydrogen-bond acceptors (Lipinski definition) is 2. The minimum absolute atomic E-state index is 0.242. The molecule has 0 unspecified atom stereocenters. The summed E-state index contributed by atoms with van der Waals surface area (Å²) >= 11 is 0. The van der Waals surface area contributed by atoms with E-state index < -0.39 is 0 Å². The summed E-state index contributed by atoms with van der Waals surface area (Å²) in [5.74, 6) is 1.21. The number of fused-ring (bicyclic) bond motifs is 3. The lowest BCUT2D eigenvalue weighted by molar-refractivity contribution is -0.131. The Kier molecular flexibility index (Phi) is 3.38. The number of carbonyl (C=O) groups is 1. The Bertz CT molecular complexity index is 573. The molecule has 2 nitrogen and oxygen atoms in total. The van der Waals surface area contributed by atoms with Crippen molar-refractivity contribution in [1.82, 2.24) is 0 Å². The van der Waals surface area contributed by atoms with Crippen molar-refractivity contribution in [2.24, 2.45) is 11.3 Å². The van der Waals surface area contributed by atoms with Crippen molar-refractivity contribution in [1.29, 1.82) is 0 Å². The molecule has 21 heavy (non-hydrogen) atoms. The van der Waals surface area contributed by atoms with Crippen LogP contribution in [0.15, 0.2) is 18.2 Å². The maximum absolute atomic E-state index is 11.1. The highest BCUT2D eigenvalue weighted by molar-refractivity contribution is 5.69. The van der Waals surface area contributed by atoms with Crippen LogP contribution in [0.5, 0.6) is 5.75 Å². The summed E-state index contributed by atoms with van der Waals surface area (Å²) in [6.45, 7) is 8.78. The minimum atomic E-state index is -0.242. The van der Waals surface area contributed by atoms with E-state index in [-0.39, 0.29) is 11.4 Å². The molecule has 3 rings (SSSR count). The van der Waals surface area contributed by atoms with Crippen LogP contribution in [0, 0.1) is 11.3 Å². The third-order valence-corrected chi connectivity index (χ3v) is 5.89. The first kappa shape index (κ1) is 14.6. The zero-order valence-corrected chi connectivity index (χ0v) is 13.7. The van der Waals surface area contributed by atoms with Crippen LogP contribution in [0.4, 0.5) is 0 Å². The Morgan fingerprint density at radius 2 is 2.00 bits per heavy atom. The van der Waals surface area contributed by atoms with Gasteiger partial charge >= 0.3 is 5.97 Å². The molecule has 0 aromatic heterocycles. The summed E-state index contributed by atoms with van der Waals surface area (Å²) in [5, 5.41) is 0. The molecule has 2 aliphatic carbocycles. The van der Waals surface area contributed by atoms with Crippen LogP contribution in [0.1, 0.15) is 64.5 Å². The molecule has 1 aromatic rings. The highest BCUT2D eigenvalue weighted by atomic mass is 16.5. The minimum Gasteiger partial charge on any atom is -0.427 e. The van der Waals surface area contributed by atoms with Crippen LogP contribution in [0.3, 0.4) is 0 Å². The quantitative estimate of drug-likeness (QED) is 0.555. The number of benzene rings is 1. The van der Waals surface area contributed by atoms with E-state index in [0.29, 0.717) is 11.2 Å². The van der Waals surface area contributed by atoms with Gasteiger partial charge in [-0.05, 0) is 65.7 Å². The molecular formula is C19H26O2. The van der Waals surface area contributed by atoms with Gasteiger partial charge in [0.2, 0.25) is 0 Å². The summed E-state index contributed by atoms with van der Waals surface area (Å²) in [4.78, 5) is 11.1. The predicted octanol–water partition coefficient (Wildman–Crippen LogP) is 4.64. The van der Waals surface area contributed by atoms with Crippen LogP contribution in [-0.4, -0.2) is 5.97 Å². The summed E-state index contributed by atoms with van der Waals surface area (Å²) in [6, 6.07) is 6.26. The van der Waals surface area contributed by atoms with Crippen LogP contribution < -0.4 is 4.74 Å². The van der Waals surface area contributed by atoms with Gasteiger partial charge < -0.3 is 4.74 Å². The number of hydrogen-bond donors (Lipinski definition) is 0. The van der Waals surface area contributed by atoms with Crippen molar-refractivity contribution in [3.05, 3.63) is 29.3 Å². The highest BCUT2D eigenvalue weighted by Gasteiger charge is 2.49. The van der Waals surface area contributed by atoms with Gasteiger partial charge in [0, 0.05) is 6.92 Å². The van der Waals surface area contributed by atoms with Gasteiger partial charge in [0.25, 0.3) is 0 Å². The van der Waals surface area contributed by atoms with E-state index >= 15 is 0 Å². The van der Waals surface area contributed by atoms with Crippen LogP contribution >= 0.6 is 0 Å². The van der Waals surface area contributed by atoms with Crippen molar-refractivity contribution >= 4 is 5.97 Å². The fourth-order valence-electron chi connectivity index (χ4n) is 5.02. The average Bonchev–Trinajstić information content (AvgIpc) is 2.36. The monoisotopic (exact) mass is 286 g/mol. The molecule has 0 spiro atoms. The zero-order chi connectivity index (χ0) is 15.3. The first-order chi connectivity index (χ1) is 9.83. The first-order valence-electron chi connectivity index (χ1n) is 8.15. The van der Waals surface area contributed by atoms with E-state index in [1.54, 1.807) is 0 Å². The summed E-state index contributed by atoms with van der Waals surface area (Å²) in [6.07, 6.45) is 6.29. The molecule has 114 valence electrons. The Balaban J connectivity index is 2.00. The number of rotatable bonds is 1. The van der Waals surface area contributed by atoms with E-state index in [1.807, 2.05) is 6.07 Å². The maximum atomic E-state index is 11.1. The normalized spacial score (nSPS) is 30.2. The smallest absolute Gasteiger partial charge is 0.308 e. The lowest BCUT2D eigenvalue weighted by Crippen LogP contribution is -2.47. The van der Waals surface area contributed by atoms with E-state index in [2.05, 4.69) is 32.9 Å². The van der Waals surface area contributed by atoms with Crippen LogP contribution in [-0.2, 0) is 16.6 Å². The molecule has 0 bridgehead atoms. The third kappa shape index (κ3) is 2.39. The lowest BCUT2D eigenvalue weighted by atomic mass is 9.50. The number of ether oxygens (including phenoxy) is 1. The second-order valence-electron chi connectivity index (χ2n) is 7.76. The van der Waals surface area contributed by atoms with Gasteiger partial charge in [-0.15, -0.1) is 0 Å². The summed E-state index contributed by atoms with van der Waals surface area (Å²) in [7, 11) is 0. The van der Waals surface area contributed by atoms with Gasteiger partial charge in [-0.25, -0.2) is 0 Å². The van der Waals surface area contributed by atoms with Crippen molar-refractivity contribution in [3.8, 4) is 5.75 Å². The van der Waals surface area contributed by atoms with Gasteiger partial charge in [0.1, 0.15) is 5.75 Å². The molecule has 2 atom stereocenters. The van der Waals surface area contributed by atoms with Crippen molar-refractivity contribution in [2.75, 3.05) is 0 Å². The average molecular weight is 286 g/mol. The van der Waals surface area contributed by atoms with Gasteiger partial charge in [-0.3, -0.25) is 4.79 Å². The third-order valence-electron chi connectivity index (χ3n) is 5.89. The van der Waals surface area contributed by atoms with E-state index in [1.165, 1.54) is 43.7 Å². The van der Waals surface area contributed by atoms with E-state index in [0.717, 1.165) is 12.3 Å². The Morgan fingerprint density at radius 3 is 2.71 bits per heavy atom. The molecule has 0 heterocycles. The summed E-state index contributed by atoms with van der Waals surface area (Å²) < 4.78 is 5.25. The molecule has 2 heteroatoms. The Morgan fingerprint density at radius 1 is 1.24 bits per heavy atom. The molecule has 1 aromatic carbocycles. The molecule has 0 amide bonds. The SMILES string of the molecule is CC(=O)Oc1ccc2c(c1)CC[C@@H]1C(C)(C)CCC[C@@]21C. The molecule has 2 aliphatic rings. The van der Waals surface area contributed by atoms with E-state index in [4.69, 9.17) is 4.74 Å². The fourth-order valence-corrected chi connectivity index (χ4v) is 5.02. The Hall–Kier alpha value is -1.31. The molecule has 1 saturated carbocycles. The van der Waals surface area contributed by atoms with Gasteiger partial charge in [-0.1, -0.05) is 33.3 Å². The van der Waals surface area contributed by atoms with Crippen molar-refractivity contribution < 1.29 is 9.53 Å². The summed E-state index contributed by atoms with van der Waals surface area (Å²) in [5.41, 5.74) is 3.58. The Labute approximate surface area is 127 Å². The first-order valence-corrected chi connectivity index (χ1v) is 8.15. The van der Waals surface area contributed by atoms with Gasteiger partial charge in [0.05, 0.1) is 0 Å². The highest BCUT2D eigenvalue weighted by Crippen LogP contribution is 2.57. The van der Waals surface area contributed by atoms with Gasteiger partial charge in [-0.2, -0.15) is 0 Å². The molecule has 0 radical (unpaired) electrons. The topological polar surface area (TPSA) is 26.3 Å². The fraction of sp³-hybridized carbons (Fsp3) is 0.632. The van der Waals surface area contributed by atoms with Crippen LogP contribution in [0.2, 0.25) is 0 Å². The maximum Gasteiger partial charge on any atom is 0.308 e. The molecule has 0 saturated heterocycles. The number of esters is 1. The largest absolute Gasteiger partial charge is 0.427 e. The second-order valence-corrected chi connectivity index (χ2v) is 7.76. The number of aryl methyl sites for hydroxylation is 1. The molecular weight excluding hydrogens is 260 g/mol. The second kappa shape index (κ2) is 4.86. The molecule has 0 N–H and O–H groups in total. The van der Waals surface area contributed by atoms with Crippen molar-refractivity contribution in [2.45, 2.75) is 65.2 Å².